The van der Waals surface area contributed by atoms with E-state index >= 15 is 0 Å². The van der Waals surface area contributed by atoms with Crippen molar-refractivity contribution in [2.75, 3.05) is 0 Å². The van der Waals surface area contributed by atoms with Crippen LogP contribution in [0.15, 0.2) is 38.3 Å². The van der Waals surface area contributed by atoms with Gasteiger partial charge in [0.25, 0.3) is 5.56 Å². The van der Waals surface area contributed by atoms with E-state index in [0.717, 1.165) is 16.5 Å². The fourth-order valence-electron chi connectivity index (χ4n) is 2.27. The first-order valence-corrected chi connectivity index (χ1v) is 7.91. The number of benzene rings is 1. The van der Waals surface area contributed by atoms with Crippen LogP contribution in [0.4, 0.5) is 0 Å². The Morgan fingerprint density at radius 2 is 1.90 bits per heavy atom. The molecule has 1 N–H and O–H groups in total. The third-order valence-electron chi connectivity index (χ3n) is 3.42. The molecule has 0 fully saturated rings. The van der Waals surface area contributed by atoms with Crippen molar-refractivity contribution in [2.24, 2.45) is 0 Å². The Kier molecular flexibility index (Phi) is 5.06. The standard InChI is InChI=1S/C15H16BrClN2O2/c1-3-4-12-13(17)18-15(21)19(14(12)20)9(2)10-5-7-11(16)8-6-10/h5-9H,3-4H2,1-2H3,(H,18,21). The minimum absolute atomic E-state index is 0.145. The summed E-state index contributed by atoms with van der Waals surface area (Å²) in [5.41, 5.74) is 0.541. The first-order valence-electron chi connectivity index (χ1n) is 6.74. The lowest BCUT2D eigenvalue weighted by molar-refractivity contribution is 0.570. The molecule has 1 unspecified atom stereocenters. The van der Waals surface area contributed by atoms with Gasteiger partial charge in [-0.25, -0.2) is 4.79 Å². The van der Waals surface area contributed by atoms with Gasteiger partial charge in [-0.3, -0.25) is 14.3 Å². The van der Waals surface area contributed by atoms with Gasteiger partial charge in [0.1, 0.15) is 5.15 Å². The lowest BCUT2D eigenvalue weighted by Gasteiger charge is -2.16. The van der Waals surface area contributed by atoms with Crippen molar-refractivity contribution in [1.29, 1.82) is 0 Å². The number of nitrogens with one attached hydrogen (secondary N) is 1. The molecule has 0 aliphatic rings. The maximum absolute atomic E-state index is 12.5. The second-order valence-electron chi connectivity index (χ2n) is 4.88. The summed E-state index contributed by atoms with van der Waals surface area (Å²) in [6, 6.07) is 7.17. The van der Waals surface area contributed by atoms with Crippen molar-refractivity contribution in [3.63, 3.8) is 0 Å². The summed E-state index contributed by atoms with van der Waals surface area (Å²) in [7, 11) is 0. The Bertz CT molecular complexity index is 750. The van der Waals surface area contributed by atoms with Gasteiger partial charge in [0.2, 0.25) is 0 Å². The minimum Gasteiger partial charge on any atom is -0.297 e. The summed E-state index contributed by atoms with van der Waals surface area (Å²) in [4.78, 5) is 27.2. The van der Waals surface area contributed by atoms with Gasteiger partial charge < -0.3 is 0 Å². The highest BCUT2D eigenvalue weighted by Gasteiger charge is 2.17. The highest BCUT2D eigenvalue weighted by atomic mass is 79.9. The zero-order chi connectivity index (χ0) is 15.6. The average molecular weight is 372 g/mol. The Morgan fingerprint density at radius 1 is 1.29 bits per heavy atom. The summed E-state index contributed by atoms with van der Waals surface area (Å²) in [6.07, 6.45) is 1.33. The zero-order valence-corrected chi connectivity index (χ0v) is 14.2. The molecule has 4 nitrogen and oxygen atoms in total. The number of aromatic amines is 1. The Labute approximate surface area is 135 Å². The zero-order valence-electron chi connectivity index (χ0n) is 11.8. The van der Waals surface area contributed by atoms with Crippen LogP contribution in [0.1, 0.15) is 37.4 Å². The van der Waals surface area contributed by atoms with Crippen LogP contribution in [-0.2, 0) is 6.42 Å². The highest BCUT2D eigenvalue weighted by molar-refractivity contribution is 9.10. The maximum Gasteiger partial charge on any atom is 0.330 e. The molecule has 1 aromatic carbocycles. The fraction of sp³-hybridized carbons (Fsp3) is 0.333. The summed E-state index contributed by atoms with van der Waals surface area (Å²) in [5.74, 6) is 0. The third-order valence-corrected chi connectivity index (χ3v) is 4.27. The lowest BCUT2D eigenvalue weighted by atomic mass is 10.1. The van der Waals surface area contributed by atoms with Crippen molar-refractivity contribution >= 4 is 27.5 Å². The minimum atomic E-state index is -0.486. The molecule has 0 bridgehead atoms. The molecule has 6 heteroatoms. The van der Waals surface area contributed by atoms with E-state index in [2.05, 4.69) is 20.9 Å². The van der Waals surface area contributed by atoms with Crippen LogP contribution in [-0.4, -0.2) is 9.55 Å². The highest BCUT2D eigenvalue weighted by Crippen LogP contribution is 2.19. The predicted octanol–water partition coefficient (Wildman–Crippen LogP) is 3.51. The van der Waals surface area contributed by atoms with E-state index in [4.69, 9.17) is 11.6 Å². The summed E-state index contributed by atoms with van der Waals surface area (Å²) >= 11 is 9.35. The van der Waals surface area contributed by atoms with Crippen LogP contribution in [0.5, 0.6) is 0 Å². The summed E-state index contributed by atoms with van der Waals surface area (Å²) < 4.78 is 2.17. The second-order valence-corrected chi connectivity index (χ2v) is 6.17. The average Bonchev–Trinajstić information content (AvgIpc) is 2.44. The molecule has 21 heavy (non-hydrogen) atoms. The molecule has 1 heterocycles. The molecular weight excluding hydrogens is 356 g/mol. The molecule has 0 aliphatic carbocycles. The van der Waals surface area contributed by atoms with E-state index in [1.165, 1.54) is 4.57 Å². The third kappa shape index (κ3) is 3.30. The smallest absolute Gasteiger partial charge is 0.297 e. The largest absolute Gasteiger partial charge is 0.330 e. The van der Waals surface area contributed by atoms with Gasteiger partial charge in [-0.05, 0) is 31.0 Å². The van der Waals surface area contributed by atoms with Gasteiger partial charge >= 0.3 is 5.69 Å². The van der Waals surface area contributed by atoms with Crippen molar-refractivity contribution in [2.45, 2.75) is 32.7 Å². The Balaban J connectivity index is 2.58. The fourth-order valence-corrected chi connectivity index (χ4v) is 2.79. The number of hydrogen-bond acceptors (Lipinski definition) is 2. The van der Waals surface area contributed by atoms with Crippen LogP contribution in [0, 0.1) is 0 Å². The number of nitrogens with zero attached hydrogens (tertiary/aromatic N) is 1. The molecule has 0 aliphatic heterocycles. The van der Waals surface area contributed by atoms with Gasteiger partial charge in [0, 0.05) is 4.47 Å². The van der Waals surface area contributed by atoms with Crippen molar-refractivity contribution in [3.05, 3.63) is 65.9 Å². The van der Waals surface area contributed by atoms with Gasteiger partial charge in [0.15, 0.2) is 0 Å². The van der Waals surface area contributed by atoms with Crippen LogP contribution in [0.3, 0.4) is 0 Å². The van der Waals surface area contributed by atoms with E-state index in [-0.39, 0.29) is 16.8 Å². The number of rotatable bonds is 4. The monoisotopic (exact) mass is 370 g/mol. The lowest BCUT2D eigenvalue weighted by Crippen LogP contribution is -2.39. The van der Waals surface area contributed by atoms with Crippen molar-refractivity contribution in [1.82, 2.24) is 9.55 Å². The number of H-pyrrole nitrogens is 1. The van der Waals surface area contributed by atoms with Gasteiger partial charge in [-0.2, -0.15) is 0 Å². The van der Waals surface area contributed by atoms with E-state index in [0.29, 0.717) is 12.0 Å². The Morgan fingerprint density at radius 3 is 2.48 bits per heavy atom. The molecule has 2 rings (SSSR count). The number of halogens is 2. The van der Waals surface area contributed by atoms with Crippen molar-refractivity contribution in [3.8, 4) is 0 Å². The first-order chi connectivity index (χ1) is 9.95. The molecule has 0 radical (unpaired) electrons. The molecule has 112 valence electrons. The summed E-state index contributed by atoms with van der Waals surface area (Å²) in [5, 5.41) is 0.145. The van der Waals surface area contributed by atoms with Crippen LogP contribution < -0.4 is 11.2 Å². The number of hydrogen-bond donors (Lipinski definition) is 1. The maximum atomic E-state index is 12.5. The van der Waals surface area contributed by atoms with Crippen LogP contribution in [0.25, 0.3) is 0 Å². The Hall–Kier alpha value is -1.33. The molecular formula is C15H16BrClN2O2. The van der Waals surface area contributed by atoms with Gasteiger partial charge in [0.05, 0.1) is 11.6 Å². The van der Waals surface area contributed by atoms with Crippen LogP contribution >= 0.6 is 27.5 Å². The van der Waals surface area contributed by atoms with E-state index in [1.807, 2.05) is 38.1 Å². The molecule has 1 aromatic heterocycles. The molecule has 1 atom stereocenters. The van der Waals surface area contributed by atoms with Gasteiger partial charge in [-0.15, -0.1) is 0 Å². The SMILES string of the molecule is CCCc1c(Cl)[nH]c(=O)n(C(C)c2ccc(Br)cc2)c1=O. The molecule has 0 saturated carbocycles. The van der Waals surface area contributed by atoms with E-state index in [1.54, 1.807) is 0 Å². The first kappa shape index (κ1) is 16.0. The van der Waals surface area contributed by atoms with Crippen molar-refractivity contribution < 1.29 is 0 Å². The summed E-state index contributed by atoms with van der Waals surface area (Å²) in [6.45, 7) is 3.78. The molecule has 0 amide bonds. The predicted molar refractivity (Wildman–Crippen MR) is 88.3 cm³/mol. The topological polar surface area (TPSA) is 54.9 Å². The normalized spacial score (nSPS) is 12.4. The van der Waals surface area contributed by atoms with E-state index in [9.17, 15) is 9.59 Å². The van der Waals surface area contributed by atoms with E-state index < -0.39 is 5.69 Å². The number of aromatic nitrogens is 2. The molecule has 2 aromatic rings. The van der Waals surface area contributed by atoms with Gasteiger partial charge in [-0.1, -0.05) is 53.0 Å². The molecule has 0 spiro atoms. The quantitative estimate of drug-likeness (QED) is 0.836. The van der Waals surface area contributed by atoms with Crippen LogP contribution in [0.2, 0.25) is 5.15 Å². The second kappa shape index (κ2) is 6.62. The molecule has 0 saturated heterocycles.